The summed E-state index contributed by atoms with van der Waals surface area (Å²) in [5.74, 6) is 1.08. The molecule has 1 aliphatic heterocycles. The number of phenolic OH excluding ortho intramolecular Hbond substituents is 1. The number of phenols is 1. The minimum atomic E-state index is 0.0894. The first-order valence-electron chi connectivity index (χ1n) is 10.3. The fourth-order valence-corrected chi connectivity index (χ4v) is 4.12. The van der Waals surface area contributed by atoms with Crippen molar-refractivity contribution in [3.8, 4) is 11.5 Å². The molecule has 1 aromatic heterocycles. The van der Waals surface area contributed by atoms with Crippen molar-refractivity contribution in [1.82, 2.24) is 4.98 Å². The summed E-state index contributed by atoms with van der Waals surface area (Å²) < 4.78 is 5.29. The number of ether oxygens (including phenoxy) is 1. The number of nitrogens with zero attached hydrogens (tertiary/aromatic N) is 3. The summed E-state index contributed by atoms with van der Waals surface area (Å²) in [6.45, 7) is 0. The molecule has 0 saturated heterocycles. The Kier molecular flexibility index (Phi) is 5.00. The van der Waals surface area contributed by atoms with Crippen molar-refractivity contribution >= 4 is 22.3 Å². The van der Waals surface area contributed by atoms with Crippen molar-refractivity contribution in [2.24, 2.45) is 5.10 Å². The molecule has 0 bridgehead atoms. The number of methoxy groups -OCH3 is 1. The van der Waals surface area contributed by atoms with Gasteiger partial charge in [-0.15, -0.1) is 0 Å². The highest BCUT2D eigenvalue weighted by Crippen LogP contribution is 2.33. The highest BCUT2D eigenvalue weighted by atomic mass is 16.5. The molecule has 0 aliphatic carbocycles. The predicted molar refractivity (Wildman–Crippen MR) is 124 cm³/mol. The van der Waals surface area contributed by atoms with Crippen LogP contribution < -0.4 is 9.75 Å². The number of para-hydroxylation sites is 1. The Morgan fingerprint density at radius 3 is 2.55 bits per heavy atom. The number of pyridine rings is 1. The maximum atomic E-state index is 10.9. The van der Waals surface area contributed by atoms with Crippen LogP contribution in [0, 0.1) is 0 Å². The van der Waals surface area contributed by atoms with Crippen LogP contribution in [0.2, 0.25) is 0 Å². The average Bonchev–Trinajstić information content (AvgIpc) is 3.25. The number of fused-ring (bicyclic) bond motifs is 1. The van der Waals surface area contributed by atoms with E-state index in [4.69, 9.17) is 9.84 Å². The van der Waals surface area contributed by atoms with Crippen LogP contribution in [-0.2, 0) is 6.42 Å². The van der Waals surface area contributed by atoms with Crippen LogP contribution in [0.4, 0.5) is 5.69 Å². The third kappa shape index (κ3) is 3.70. The first-order valence-corrected chi connectivity index (χ1v) is 10.3. The normalized spacial score (nSPS) is 15.8. The van der Waals surface area contributed by atoms with Crippen LogP contribution in [-0.4, -0.2) is 29.0 Å². The Morgan fingerprint density at radius 2 is 1.77 bits per heavy atom. The second-order valence-electron chi connectivity index (χ2n) is 7.67. The van der Waals surface area contributed by atoms with E-state index in [1.54, 1.807) is 13.3 Å². The van der Waals surface area contributed by atoms with Gasteiger partial charge in [0.05, 0.1) is 24.6 Å². The molecule has 1 atom stereocenters. The van der Waals surface area contributed by atoms with Gasteiger partial charge >= 0.3 is 0 Å². The lowest BCUT2D eigenvalue weighted by atomic mass is 9.97. The van der Waals surface area contributed by atoms with Crippen molar-refractivity contribution in [1.29, 1.82) is 0 Å². The highest BCUT2D eigenvalue weighted by Gasteiger charge is 2.29. The molecule has 0 fully saturated rings. The number of rotatable bonds is 5. The van der Waals surface area contributed by atoms with E-state index in [0.29, 0.717) is 11.9 Å². The molecule has 3 aromatic carbocycles. The van der Waals surface area contributed by atoms with Gasteiger partial charge in [0.1, 0.15) is 17.0 Å². The standard InChI is InChI=1S/C26H23N3O2/c1-31-23-13-11-18(12-14-23)24-17-22(29(28-24)21-7-3-2-4-8-21)16-20-10-9-19-6-5-15-27-25(19)26(20)30/h2-15,22,30H,16-17H2,1H3/t22-/m1/s1. The molecule has 0 amide bonds. The third-order valence-electron chi connectivity index (χ3n) is 5.73. The predicted octanol–water partition coefficient (Wildman–Crippen LogP) is 5.17. The smallest absolute Gasteiger partial charge is 0.145 e. The molecule has 0 unspecified atom stereocenters. The summed E-state index contributed by atoms with van der Waals surface area (Å²) in [6.07, 6.45) is 3.15. The van der Waals surface area contributed by atoms with Crippen LogP contribution in [0.3, 0.4) is 0 Å². The molecule has 31 heavy (non-hydrogen) atoms. The molecule has 1 aliphatic rings. The van der Waals surface area contributed by atoms with Crippen molar-refractivity contribution in [2.75, 3.05) is 12.1 Å². The van der Waals surface area contributed by atoms with Gasteiger partial charge in [-0.1, -0.05) is 36.4 Å². The summed E-state index contributed by atoms with van der Waals surface area (Å²) in [5.41, 5.74) is 4.65. The summed E-state index contributed by atoms with van der Waals surface area (Å²) in [5, 5.41) is 18.8. The summed E-state index contributed by atoms with van der Waals surface area (Å²) in [7, 11) is 1.67. The van der Waals surface area contributed by atoms with Gasteiger partial charge in [-0.25, -0.2) is 0 Å². The molecule has 5 rings (SSSR count). The zero-order valence-corrected chi connectivity index (χ0v) is 17.3. The monoisotopic (exact) mass is 409 g/mol. The first kappa shape index (κ1) is 19.1. The van der Waals surface area contributed by atoms with E-state index in [-0.39, 0.29) is 11.8 Å². The topological polar surface area (TPSA) is 58.0 Å². The fourth-order valence-electron chi connectivity index (χ4n) is 4.12. The quantitative estimate of drug-likeness (QED) is 0.494. The van der Waals surface area contributed by atoms with Gasteiger partial charge in [-0.05, 0) is 60.0 Å². The number of hydrogen-bond donors (Lipinski definition) is 1. The number of benzene rings is 3. The lowest BCUT2D eigenvalue weighted by molar-refractivity contribution is 0.415. The van der Waals surface area contributed by atoms with Gasteiger partial charge in [-0.2, -0.15) is 5.10 Å². The summed E-state index contributed by atoms with van der Waals surface area (Å²) >= 11 is 0. The minimum absolute atomic E-state index is 0.0894. The minimum Gasteiger partial charge on any atom is -0.505 e. The third-order valence-corrected chi connectivity index (χ3v) is 5.73. The zero-order chi connectivity index (χ0) is 21.2. The average molecular weight is 409 g/mol. The second-order valence-corrected chi connectivity index (χ2v) is 7.67. The van der Waals surface area contributed by atoms with Gasteiger partial charge in [0.15, 0.2) is 0 Å². The molecule has 2 heterocycles. The van der Waals surface area contributed by atoms with Crippen molar-refractivity contribution in [3.63, 3.8) is 0 Å². The van der Waals surface area contributed by atoms with Gasteiger partial charge in [0.25, 0.3) is 0 Å². The Bertz CT molecular complexity index is 1240. The Balaban J connectivity index is 1.49. The number of aromatic hydroxyl groups is 1. The molecule has 4 aromatic rings. The molecule has 5 heteroatoms. The molecule has 154 valence electrons. The van der Waals surface area contributed by atoms with E-state index in [1.165, 1.54) is 0 Å². The molecule has 0 radical (unpaired) electrons. The van der Waals surface area contributed by atoms with E-state index >= 15 is 0 Å². The van der Waals surface area contributed by atoms with Gasteiger partial charge in [0, 0.05) is 18.0 Å². The molecule has 1 N–H and O–H groups in total. The molecular weight excluding hydrogens is 386 g/mol. The van der Waals surface area contributed by atoms with Gasteiger partial charge in [0.2, 0.25) is 0 Å². The van der Waals surface area contributed by atoms with Crippen LogP contribution in [0.1, 0.15) is 17.5 Å². The number of hydrazone groups is 1. The zero-order valence-electron chi connectivity index (χ0n) is 17.3. The lowest BCUT2D eigenvalue weighted by Gasteiger charge is -2.24. The molecule has 0 saturated carbocycles. The van der Waals surface area contributed by atoms with Crippen molar-refractivity contribution < 1.29 is 9.84 Å². The summed E-state index contributed by atoms with van der Waals surface area (Å²) in [6, 6.07) is 26.1. The lowest BCUT2D eigenvalue weighted by Crippen LogP contribution is -2.28. The van der Waals surface area contributed by atoms with Crippen molar-refractivity contribution in [3.05, 3.63) is 96.2 Å². The molecule has 0 spiro atoms. The molecular formula is C26H23N3O2. The highest BCUT2D eigenvalue weighted by molar-refractivity contribution is 6.03. The van der Waals surface area contributed by atoms with E-state index in [1.807, 2.05) is 66.7 Å². The van der Waals surface area contributed by atoms with Crippen LogP contribution >= 0.6 is 0 Å². The van der Waals surface area contributed by atoms with Crippen LogP contribution in [0.15, 0.2) is 90.2 Å². The van der Waals surface area contributed by atoms with Gasteiger partial charge in [-0.3, -0.25) is 9.99 Å². The van der Waals surface area contributed by atoms with Crippen LogP contribution in [0.25, 0.3) is 10.9 Å². The SMILES string of the molecule is COc1ccc(C2=NN(c3ccccc3)[C@H](Cc3ccc4cccnc4c3O)C2)cc1. The second kappa shape index (κ2) is 8.11. The number of aromatic nitrogens is 1. The van der Waals surface area contributed by atoms with E-state index < -0.39 is 0 Å². The van der Waals surface area contributed by atoms with E-state index in [0.717, 1.165) is 40.1 Å². The Hall–Kier alpha value is -3.86. The maximum Gasteiger partial charge on any atom is 0.145 e. The summed E-state index contributed by atoms with van der Waals surface area (Å²) in [4.78, 5) is 4.37. The Morgan fingerprint density at radius 1 is 0.968 bits per heavy atom. The van der Waals surface area contributed by atoms with E-state index in [9.17, 15) is 5.11 Å². The molecule has 5 nitrogen and oxygen atoms in total. The fraction of sp³-hybridized carbons (Fsp3) is 0.154. The largest absolute Gasteiger partial charge is 0.505 e. The Labute approximate surface area is 181 Å². The maximum absolute atomic E-state index is 10.9. The van der Waals surface area contributed by atoms with E-state index in [2.05, 4.69) is 22.1 Å². The number of hydrogen-bond acceptors (Lipinski definition) is 5. The van der Waals surface area contributed by atoms with Gasteiger partial charge < -0.3 is 9.84 Å². The first-order chi connectivity index (χ1) is 15.2. The van der Waals surface area contributed by atoms with Crippen molar-refractivity contribution in [2.45, 2.75) is 18.9 Å². The van der Waals surface area contributed by atoms with Crippen LogP contribution in [0.5, 0.6) is 11.5 Å². The number of anilines is 1.